The van der Waals surface area contributed by atoms with Crippen molar-refractivity contribution in [3.8, 4) is 0 Å². The number of rotatable bonds is 6. The SMILES string of the molecule is COCCCN1C(=O)CC[C@H](C(=O)O)[C@@H]1c1ccc(F)c(F)c1. The Bertz CT molecular complexity index is 593. The first-order valence-electron chi connectivity index (χ1n) is 7.42. The smallest absolute Gasteiger partial charge is 0.308 e. The van der Waals surface area contributed by atoms with Crippen LogP contribution in [-0.4, -0.2) is 42.1 Å². The van der Waals surface area contributed by atoms with Gasteiger partial charge in [-0.2, -0.15) is 0 Å². The highest BCUT2D eigenvalue weighted by molar-refractivity contribution is 5.81. The Balaban J connectivity index is 2.36. The van der Waals surface area contributed by atoms with Crippen molar-refractivity contribution in [2.75, 3.05) is 20.3 Å². The molecule has 0 aliphatic carbocycles. The van der Waals surface area contributed by atoms with Crippen LogP contribution in [0.4, 0.5) is 8.78 Å². The van der Waals surface area contributed by atoms with Crippen LogP contribution in [0, 0.1) is 17.6 Å². The third kappa shape index (κ3) is 3.85. The van der Waals surface area contributed by atoms with E-state index in [0.717, 1.165) is 12.1 Å². The second-order valence-corrected chi connectivity index (χ2v) is 5.54. The Labute approximate surface area is 132 Å². The molecule has 0 unspecified atom stereocenters. The zero-order valence-electron chi connectivity index (χ0n) is 12.8. The lowest BCUT2D eigenvalue weighted by Crippen LogP contribution is -2.46. The molecule has 126 valence electrons. The molecule has 1 aromatic rings. The number of benzene rings is 1. The molecule has 1 heterocycles. The molecular weight excluding hydrogens is 308 g/mol. The van der Waals surface area contributed by atoms with E-state index in [-0.39, 0.29) is 18.7 Å². The Kier molecular flexibility index (Phi) is 5.65. The molecule has 1 N–H and O–H groups in total. The molecule has 0 aromatic heterocycles. The van der Waals surface area contributed by atoms with Gasteiger partial charge in [-0.25, -0.2) is 8.78 Å². The molecule has 1 fully saturated rings. The van der Waals surface area contributed by atoms with E-state index < -0.39 is 29.6 Å². The Morgan fingerprint density at radius 2 is 2.13 bits per heavy atom. The van der Waals surface area contributed by atoms with Gasteiger partial charge in [0.05, 0.1) is 12.0 Å². The third-order valence-electron chi connectivity index (χ3n) is 4.06. The van der Waals surface area contributed by atoms with Crippen LogP contribution in [0.2, 0.25) is 0 Å². The average molecular weight is 327 g/mol. The van der Waals surface area contributed by atoms with Crippen molar-refractivity contribution < 1.29 is 28.2 Å². The van der Waals surface area contributed by atoms with E-state index in [1.807, 2.05) is 0 Å². The van der Waals surface area contributed by atoms with Gasteiger partial charge in [-0.3, -0.25) is 9.59 Å². The van der Waals surface area contributed by atoms with Crippen molar-refractivity contribution >= 4 is 11.9 Å². The summed E-state index contributed by atoms with van der Waals surface area (Å²) in [5.41, 5.74) is 0.293. The predicted molar refractivity (Wildman–Crippen MR) is 77.7 cm³/mol. The highest BCUT2D eigenvalue weighted by atomic mass is 19.2. The lowest BCUT2D eigenvalue weighted by Gasteiger charge is -2.40. The number of nitrogens with zero attached hydrogens (tertiary/aromatic N) is 1. The van der Waals surface area contributed by atoms with E-state index in [1.165, 1.54) is 18.1 Å². The van der Waals surface area contributed by atoms with Crippen molar-refractivity contribution in [2.24, 2.45) is 5.92 Å². The fourth-order valence-corrected chi connectivity index (χ4v) is 2.96. The summed E-state index contributed by atoms with van der Waals surface area (Å²) < 4.78 is 31.7. The van der Waals surface area contributed by atoms with Crippen LogP contribution in [0.1, 0.15) is 30.9 Å². The quantitative estimate of drug-likeness (QED) is 0.815. The van der Waals surface area contributed by atoms with Gasteiger partial charge in [0.2, 0.25) is 5.91 Å². The average Bonchev–Trinajstić information content (AvgIpc) is 2.51. The molecule has 2 atom stereocenters. The van der Waals surface area contributed by atoms with Crippen LogP contribution >= 0.6 is 0 Å². The number of methoxy groups -OCH3 is 1. The number of amides is 1. The summed E-state index contributed by atoms with van der Waals surface area (Å²) in [6, 6.07) is 2.45. The minimum Gasteiger partial charge on any atom is -0.481 e. The number of aliphatic carboxylic acids is 1. The number of carboxylic acid groups (broad SMARTS) is 1. The fourth-order valence-electron chi connectivity index (χ4n) is 2.96. The van der Waals surface area contributed by atoms with Gasteiger partial charge in [0.1, 0.15) is 0 Å². The number of carbonyl (C=O) groups is 2. The number of hydrogen-bond acceptors (Lipinski definition) is 3. The number of carboxylic acids is 1. The first-order chi connectivity index (χ1) is 11.0. The highest BCUT2D eigenvalue weighted by Crippen LogP contribution is 2.37. The fraction of sp³-hybridized carbons (Fsp3) is 0.500. The molecule has 0 bridgehead atoms. The maximum atomic E-state index is 13.5. The largest absolute Gasteiger partial charge is 0.481 e. The topological polar surface area (TPSA) is 66.8 Å². The van der Waals surface area contributed by atoms with Crippen molar-refractivity contribution in [2.45, 2.75) is 25.3 Å². The molecule has 1 amide bonds. The lowest BCUT2D eigenvalue weighted by atomic mass is 9.84. The first kappa shape index (κ1) is 17.3. The number of carbonyl (C=O) groups excluding carboxylic acids is 1. The molecule has 5 nitrogen and oxygen atoms in total. The summed E-state index contributed by atoms with van der Waals surface area (Å²) in [5.74, 6) is -4.15. The van der Waals surface area contributed by atoms with Crippen LogP contribution in [0.5, 0.6) is 0 Å². The summed E-state index contributed by atoms with van der Waals surface area (Å²) in [5, 5.41) is 9.44. The number of piperidine rings is 1. The predicted octanol–water partition coefficient (Wildman–Crippen LogP) is 2.37. The minimum atomic E-state index is -1.05. The minimum absolute atomic E-state index is 0.129. The molecule has 23 heavy (non-hydrogen) atoms. The zero-order chi connectivity index (χ0) is 17.0. The summed E-state index contributed by atoms with van der Waals surface area (Å²) in [7, 11) is 1.53. The number of ether oxygens (including phenoxy) is 1. The molecule has 7 heteroatoms. The number of likely N-dealkylation sites (tertiary alicyclic amines) is 1. The number of hydrogen-bond donors (Lipinski definition) is 1. The Hall–Kier alpha value is -2.02. The molecule has 0 radical (unpaired) electrons. The highest BCUT2D eigenvalue weighted by Gasteiger charge is 2.40. The Morgan fingerprint density at radius 1 is 1.39 bits per heavy atom. The van der Waals surface area contributed by atoms with Gasteiger partial charge in [-0.05, 0) is 30.5 Å². The molecule has 1 aromatic carbocycles. The van der Waals surface area contributed by atoms with E-state index in [2.05, 4.69) is 0 Å². The normalized spacial score (nSPS) is 21.5. The van der Waals surface area contributed by atoms with Crippen LogP contribution in [0.15, 0.2) is 18.2 Å². The van der Waals surface area contributed by atoms with Gasteiger partial charge < -0.3 is 14.7 Å². The zero-order valence-corrected chi connectivity index (χ0v) is 12.8. The van der Waals surface area contributed by atoms with Gasteiger partial charge in [0.15, 0.2) is 11.6 Å². The van der Waals surface area contributed by atoms with Crippen LogP contribution in [0.3, 0.4) is 0 Å². The van der Waals surface area contributed by atoms with Gasteiger partial charge in [-0.15, -0.1) is 0 Å². The van der Waals surface area contributed by atoms with Crippen LogP contribution < -0.4 is 0 Å². The first-order valence-corrected chi connectivity index (χ1v) is 7.42. The molecule has 1 saturated heterocycles. The molecule has 2 rings (SSSR count). The second kappa shape index (κ2) is 7.50. The summed E-state index contributed by atoms with van der Waals surface area (Å²) >= 11 is 0. The third-order valence-corrected chi connectivity index (χ3v) is 4.06. The van der Waals surface area contributed by atoms with Crippen molar-refractivity contribution in [3.05, 3.63) is 35.4 Å². The van der Waals surface area contributed by atoms with Crippen molar-refractivity contribution in [1.82, 2.24) is 4.90 Å². The van der Waals surface area contributed by atoms with E-state index >= 15 is 0 Å². The second-order valence-electron chi connectivity index (χ2n) is 5.54. The van der Waals surface area contributed by atoms with Crippen molar-refractivity contribution in [1.29, 1.82) is 0 Å². The molecule has 0 spiro atoms. The maximum Gasteiger partial charge on any atom is 0.308 e. The summed E-state index contributed by atoms with van der Waals surface area (Å²) in [6.07, 6.45) is 0.845. The van der Waals surface area contributed by atoms with Crippen LogP contribution in [-0.2, 0) is 14.3 Å². The number of halogens is 2. The van der Waals surface area contributed by atoms with Gasteiger partial charge in [-0.1, -0.05) is 6.07 Å². The maximum absolute atomic E-state index is 13.5. The van der Waals surface area contributed by atoms with E-state index in [9.17, 15) is 23.5 Å². The van der Waals surface area contributed by atoms with Gasteiger partial charge in [0, 0.05) is 26.7 Å². The molecule has 0 saturated carbocycles. The van der Waals surface area contributed by atoms with Crippen LogP contribution in [0.25, 0.3) is 0 Å². The Morgan fingerprint density at radius 3 is 2.74 bits per heavy atom. The standard InChI is InChI=1S/C16H19F2NO4/c1-23-8-2-7-19-14(20)6-4-11(16(21)22)15(19)10-3-5-12(17)13(18)9-10/h3,5,9,11,15H,2,4,6-8H2,1H3,(H,21,22)/t11-,15-/m0/s1. The van der Waals surface area contributed by atoms with E-state index in [0.29, 0.717) is 25.1 Å². The lowest BCUT2D eigenvalue weighted by molar-refractivity contribution is -0.152. The monoisotopic (exact) mass is 327 g/mol. The molecule has 1 aliphatic rings. The van der Waals surface area contributed by atoms with Gasteiger partial charge in [0.25, 0.3) is 0 Å². The molecule has 1 aliphatic heterocycles. The van der Waals surface area contributed by atoms with Gasteiger partial charge >= 0.3 is 5.97 Å². The van der Waals surface area contributed by atoms with Crippen molar-refractivity contribution in [3.63, 3.8) is 0 Å². The van der Waals surface area contributed by atoms with E-state index in [4.69, 9.17) is 4.74 Å². The summed E-state index contributed by atoms with van der Waals surface area (Å²) in [4.78, 5) is 25.2. The van der Waals surface area contributed by atoms with E-state index in [1.54, 1.807) is 0 Å². The summed E-state index contributed by atoms with van der Waals surface area (Å²) in [6.45, 7) is 0.728. The molecular formula is C16H19F2NO4.